The largest absolute Gasteiger partial charge is 0.387 e. The van der Waals surface area contributed by atoms with Gasteiger partial charge in [0, 0.05) is 19.2 Å². The summed E-state index contributed by atoms with van der Waals surface area (Å²) in [6, 6.07) is 3.17. The molecule has 15 heavy (non-hydrogen) atoms. The van der Waals surface area contributed by atoms with Gasteiger partial charge in [-0.25, -0.2) is 4.39 Å². The first-order valence-electron chi connectivity index (χ1n) is 4.45. The van der Waals surface area contributed by atoms with E-state index in [1.54, 1.807) is 19.2 Å². The van der Waals surface area contributed by atoms with Crippen molar-refractivity contribution >= 4 is 15.9 Å². The Morgan fingerprint density at radius 3 is 2.80 bits per heavy atom. The number of rotatable bonds is 4. The standard InChI is InChI=1S/C10H13BrFNO2/c1-15-5-6-2-7(9(14)4-13)10(12)8(11)3-6/h2-3,9,14H,4-5,13H2,1H3. The summed E-state index contributed by atoms with van der Waals surface area (Å²) < 4.78 is 18.8. The van der Waals surface area contributed by atoms with Crippen LogP contribution in [-0.4, -0.2) is 18.8 Å². The molecule has 0 amide bonds. The maximum Gasteiger partial charge on any atom is 0.143 e. The fraction of sp³-hybridized carbons (Fsp3) is 0.400. The molecule has 3 nitrogen and oxygen atoms in total. The van der Waals surface area contributed by atoms with E-state index in [9.17, 15) is 9.50 Å². The summed E-state index contributed by atoms with van der Waals surface area (Å²) in [5.41, 5.74) is 6.26. The topological polar surface area (TPSA) is 55.5 Å². The van der Waals surface area contributed by atoms with Crippen LogP contribution in [0.15, 0.2) is 16.6 Å². The first kappa shape index (κ1) is 12.6. The molecule has 0 radical (unpaired) electrons. The van der Waals surface area contributed by atoms with Crippen LogP contribution < -0.4 is 5.73 Å². The smallest absolute Gasteiger partial charge is 0.143 e. The molecule has 0 fully saturated rings. The SMILES string of the molecule is COCc1cc(Br)c(F)c(C(O)CN)c1. The molecule has 0 heterocycles. The highest BCUT2D eigenvalue weighted by Gasteiger charge is 2.15. The third-order valence-corrected chi connectivity index (χ3v) is 2.59. The Balaban J connectivity index is 3.12. The van der Waals surface area contributed by atoms with Gasteiger partial charge in [-0.1, -0.05) is 0 Å². The number of aliphatic hydroxyl groups is 1. The molecule has 0 spiro atoms. The van der Waals surface area contributed by atoms with E-state index in [2.05, 4.69) is 15.9 Å². The quantitative estimate of drug-likeness (QED) is 0.881. The number of methoxy groups -OCH3 is 1. The van der Waals surface area contributed by atoms with Gasteiger partial charge in [-0.15, -0.1) is 0 Å². The molecule has 0 aliphatic rings. The van der Waals surface area contributed by atoms with Gasteiger partial charge in [0.15, 0.2) is 0 Å². The van der Waals surface area contributed by atoms with Gasteiger partial charge in [0.25, 0.3) is 0 Å². The van der Waals surface area contributed by atoms with Crippen molar-refractivity contribution in [3.05, 3.63) is 33.5 Å². The minimum atomic E-state index is -0.988. The van der Waals surface area contributed by atoms with Gasteiger partial charge in [-0.2, -0.15) is 0 Å². The normalized spacial score (nSPS) is 12.9. The third kappa shape index (κ3) is 2.98. The summed E-state index contributed by atoms with van der Waals surface area (Å²) in [6.45, 7) is 0.350. The van der Waals surface area contributed by atoms with Crippen LogP contribution in [0.3, 0.4) is 0 Å². The highest BCUT2D eigenvalue weighted by molar-refractivity contribution is 9.10. The maximum absolute atomic E-state index is 13.6. The monoisotopic (exact) mass is 277 g/mol. The predicted octanol–water partition coefficient (Wildman–Crippen LogP) is 1.73. The molecule has 0 aliphatic heterocycles. The molecule has 0 aliphatic carbocycles. The number of hydrogen-bond acceptors (Lipinski definition) is 3. The van der Waals surface area contributed by atoms with E-state index in [0.29, 0.717) is 11.1 Å². The van der Waals surface area contributed by atoms with Gasteiger partial charge in [0.05, 0.1) is 17.2 Å². The fourth-order valence-corrected chi connectivity index (χ4v) is 1.81. The van der Waals surface area contributed by atoms with Crippen molar-refractivity contribution in [1.82, 2.24) is 0 Å². The molecular weight excluding hydrogens is 265 g/mol. The Morgan fingerprint density at radius 1 is 1.60 bits per heavy atom. The zero-order valence-corrected chi connectivity index (χ0v) is 9.92. The lowest BCUT2D eigenvalue weighted by molar-refractivity contribution is 0.176. The average molecular weight is 278 g/mol. The summed E-state index contributed by atoms with van der Waals surface area (Å²) in [7, 11) is 1.55. The number of halogens is 2. The summed E-state index contributed by atoms with van der Waals surface area (Å²) in [5, 5.41) is 9.50. The first-order valence-corrected chi connectivity index (χ1v) is 5.24. The van der Waals surface area contributed by atoms with E-state index in [-0.39, 0.29) is 12.1 Å². The van der Waals surface area contributed by atoms with Gasteiger partial charge in [0.2, 0.25) is 0 Å². The van der Waals surface area contributed by atoms with Crippen LogP contribution in [0.2, 0.25) is 0 Å². The number of aliphatic hydroxyl groups excluding tert-OH is 1. The van der Waals surface area contributed by atoms with Crippen LogP contribution in [-0.2, 0) is 11.3 Å². The second kappa shape index (κ2) is 5.55. The second-order valence-corrected chi connectivity index (χ2v) is 4.02. The summed E-state index contributed by atoms with van der Waals surface area (Å²) in [6.07, 6.45) is -0.988. The van der Waals surface area contributed by atoms with Crippen LogP contribution in [0.25, 0.3) is 0 Å². The van der Waals surface area contributed by atoms with Crippen LogP contribution in [0, 0.1) is 5.82 Å². The molecule has 5 heteroatoms. The highest BCUT2D eigenvalue weighted by atomic mass is 79.9. The summed E-state index contributed by atoms with van der Waals surface area (Å²) >= 11 is 3.08. The molecule has 1 aromatic rings. The zero-order valence-electron chi connectivity index (χ0n) is 8.34. The van der Waals surface area contributed by atoms with Crippen molar-refractivity contribution in [3.63, 3.8) is 0 Å². The van der Waals surface area contributed by atoms with Gasteiger partial charge in [-0.3, -0.25) is 0 Å². The lowest BCUT2D eigenvalue weighted by Gasteiger charge is -2.12. The number of hydrogen-bond donors (Lipinski definition) is 2. The molecule has 1 atom stereocenters. The van der Waals surface area contributed by atoms with Gasteiger partial charge in [0.1, 0.15) is 5.82 Å². The van der Waals surface area contributed by atoms with Gasteiger partial charge < -0.3 is 15.6 Å². The van der Waals surface area contributed by atoms with E-state index >= 15 is 0 Å². The second-order valence-electron chi connectivity index (χ2n) is 3.17. The molecular formula is C10H13BrFNO2. The Hall–Kier alpha value is -0.490. The molecule has 84 valence electrons. The van der Waals surface area contributed by atoms with E-state index in [1.807, 2.05) is 0 Å². The molecule has 0 bridgehead atoms. The van der Waals surface area contributed by atoms with Crippen molar-refractivity contribution in [2.75, 3.05) is 13.7 Å². The Bertz CT molecular complexity index is 346. The summed E-state index contributed by atoms with van der Waals surface area (Å²) in [4.78, 5) is 0. The third-order valence-electron chi connectivity index (χ3n) is 2.01. The van der Waals surface area contributed by atoms with E-state index < -0.39 is 11.9 Å². The fourth-order valence-electron chi connectivity index (χ4n) is 1.29. The van der Waals surface area contributed by atoms with Crippen LogP contribution in [0.5, 0.6) is 0 Å². The predicted molar refractivity (Wildman–Crippen MR) is 58.8 cm³/mol. The van der Waals surface area contributed by atoms with E-state index in [0.717, 1.165) is 5.56 Å². The molecule has 1 aromatic carbocycles. The average Bonchev–Trinajstić information content (AvgIpc) is 2.22. The lowest BCUT2D eigenvalue weighted by atomic mass is 10.1. The van der Waals surface area contributed by atoms with Crippen molar-refractivity contribution in [2.24, 2.45) is 5.73 Å². The van der Waals surface area contributed by atoms with E-state index in [1.165, 1.54) is 0 Å². The minimum absolute atomic E-state index is 0.0141. The first-order chi connectivity index (χ1) is 7.10. The molecule has 0 saturated heterocycles. The maximum atomic E-state index is 13.6. The molecule has 0 aromatic heterocycles. The van der Waals surface area contributed by atoms with E-state index in [4.69, 9.17) is 10.5 Å². The Kier molecular flexibility index (Phi) is 4.66. The zero-order chi connectivity index (χ0) is 11.4. The van der Waals surface area contributed by atoms with Gasteiger partial charge in [-0.05, 0) is 33.6 Å². The van der Waals surface area contributed by atoms with Crippen LogP contribution in [0.1, 0.15) is 17.2 Å². The Labute approximate surface area is 96.2 Å². The lowest BCUT2D eigenvalue weighted by Crippen LogP contribution is -2.13. The minimum Gasteiger partial charge on any atom is -0.387 e. The van der Waals surface area contributed by atoms with Crippen LogP contribution in [0.4, 0.5) is 4.39 Å². The molecule has 1 unspecified atom stereocenters. The molecule has 0 saturated carbocycles. The van der Waals surface area contributed by atoms with Crippen molar-refractivity contribution in [2.45, 2.75) is 12.7 Å². The van der Waals surface area contributed by atoms with Gasteiger partial charge >= 0.3 is 0 Å². The number of ether oxygens (including phenoxy) is 1. The van der Waals surface area contributed by atoms with Crippen molar-refractivity contribution < 1.29 is 14.2 Å². The Morgan fingerprint density at radius 2 is 2.27 bits per heavy atom. The van der Waals surface area contributed by atoms with Crippen molar-refractivity contribution in [1.29, 1.82) is 0 Å². The highest BCUT2D eigenvalue weighted by Crippen LogP contribution is 2.26. The number of benzene rings is 1. The number of nitrogens with two attached hydrogens (primary N) is 1. The molecule has 1 rings (SSSR count). The van der Waals surface area contributed by atoms with Crippen LogP contribution >= 0.6 is 15.9 Å². The summed E-state index contributed by atoms with van der Waals surface area (Å²) in [5.74, 6) is -0.479. The molecule has 3 N–H and O–H groups in total. The van der Waals surface area contributed by atoms with Crippen molar-refractivity contribution in [3.8, 4) is 0 Å².